The number of hydrogen-bond donors (Lipinski definition) is 2. The topological polar surface area (TPSA) is 109 Å². The minimum absolute atomic E-state index is 0.213. The van der Waals surface area contributed by atoms with Gasteiger partial charge >= 0.3 is 0 Å². The SMILES string of the molecule is CCCCCCCCCCCCCCc1cccc(S(=O)(=O)O)c1S(=O)(=O)O. The Morgan fingerprint density at radius 3 is 1.57 bits per heavy atom. The summed E-state index contributed by atoms with van der Waals surface area (Å²) in [6.45, 7) is 2.22. The van der Waals surface area contributed by atoms with Crippen LogP contribution in [0.25, 0.3) is 0 Å². The van der Waals surface area contributed by atoms with E-state index in [0.29, 0.717) is 12.8 Å². The highest BCUT2D eigenvalue weighted by atomic mass is 32.2. The standard InChI is InChI=1S/C20H34O6S2/c1-2-3-4-5-6-7-8-9-10-11-12-13-15-18-16-14-17-19(27(21,22)23)20(18)28(24,25)26/h14,16-17H,2-13,15H2,1H3,(H,21,22,23)(H,24,25,26). The van der Waals surface area contributed by atoms with Gasteiger partial charge in [0.15, 0.2) is 0 Å². The van der Waals surface area contributed by atoms with Gasteiger partial charge in [-0.05, 0) is 24.5 Å². The third-order valence-corrected chi connectivity index (χ3v) is 6.92. The van der Waals surface area contributed by atoms with E-state index in [4.69, 9.17) is 0 Å². The van der Waals surface area contributed by atoms with Crippen molar-refractivity contribution in [2.75, 3.05) is 0 Å². The Bertz CT molecular complexity index is 785. The molecule has 0 saturated carbocycles. The first-order valence-corrected chi connectivity index (χ1v) is 13.1. The van der Waals surface area contributed by atoms with Gasteiger partial charge in [-0.1, -0.05) is 89.7 Å². The van der Waals surface area contributed by atoms with Crippen LogP contribution in [0.4, 0.5) is 0 Å². The molecule has 1 rings (SSSR count). The van der Waals surface area contributed by atoms with Crippen LogP contribution in [-0.2, 0) is 26.7 Å². The van der Waals surface area contributed by atoms with E-state index < -0.39 is 30.0 Å². The average molecular weight is 435 g/mol. The molecule has 162 valence electrons. The molecule has 0 aliphatic heterocycles. The van der Waals surface area contributed by atoms with Gasteiger partial charge < -0.3 is 0 Å². The third kappa shape index (κ3) is 9.49. The molecule has 1 aromatic rings. The lowest BCUT2D eigenvalue weighted by atomic mass is 10.0. The van der Waals surface area contributed by atoms with Crippen LogP contribution in [-0.4, -0.2) is 25.9 Å². The summed E-state index contributed by atoms with van der Waals surface area (Å²) in [6, 6.07) is 3.81. The van der Waals surface area contributed by atoms with Crippen LogP contribution < -0.4 is 0 Å². The summed E-state index contributed by atoms with van der Waals surface area (Å²) in [7, 11) is -9.49. The van der Waals surface area contributed by atoms with Crippen LogP contribution >= 0.6 is 0 Å². The normalized spacial score (nSPS) is 12.4. The summed E-state index contributed by atoms with van der Waals surface area (Å²) in [5.74, 6) is 0. The fraction of sp³-hybridized carbons (Fsp3) is 0.700. The van der Waals surface area contributed by atoms with Gasteiger partial charge in [-0.15, -0.1) is 0 Å². The van der Waals surface area contributed by atoms with Crippen LogP contribution in [0.3, 0.4) is 0 Å². The first-order valence-electron chi connectivity index (χ1n) is 10.2. The van der Waals surface area contributed by atoms with Crippen molar-refractivity contribution in [1.82, 2.24) is 0 Å². The van der Waals surface area contributed by atoms with Crippen molar-refractivity contribution in [2.24, 2.45) is 0 Å². The van der Waals surface area contributed by atoms with Crippen molar-refractivity contribution >= 4 is 20.2 Å². The highest BCUT2D eigenvalue weighted by Crippen LogP contribution is 2.26. The largest absolute Gasteiger partial charge is 0.296 e. The lowest BCUT2D eigenvalue weighted by molar-refractivity contribution is 0.464. The van der Waals surface area contributed by atoms with Crippen LogP contribution in [0, 0.1) is 0 Å². The van der Waals surface area contributed by atoms with E-state index in [0.717, 1.165) is 25.3 Å². The molecule has 0 aromatic heterocycles. The number of hydrogen-bond acceptors (Lipinski definition) is 4. The van der Waals surface area contributed by atoms with Crippen LogP contribution in [0.15, 0.2) is 28.0 Å². The van der Waals surface area contributed by atoms with Gasteiger partial charge in [0, 0.05) is 0 Å². The Morgan fingerprint density at radius 1 is 0.679 bits per heavy atom. The minimum Gasteiger partial charge on any atom is -0.282 e. The van der Waals surface area contributed by atoms with Crippen molar-refractivity contribution in [1.29, 1.82) is 0 Å². The van der Waals surface area contributed by atoms with Gasteiger partial charge in [0.25, 0.3) is 20.2 Å². The predicted molar refractivity (Wildman–Crippen MR) is 111 cm³/mol. The molecule has 0 saturated heterocycles. The fourth-order valence-electron chi connectivity index (χ4n) is 3.41. The molecule has 0 bridgehead atoms. The molecule has 0 aliphatic carbocycles. The van der Waals surface area contributed by atoms with Crippen molar-refractivity contribution in [3.05, 3.63) is 23.8 Å². The number of rotatable bonds is 15. The zero-order valence-electron chi connectivity index (χ0n) is 16.8. The monoisotopic (exact) mass is 434 g/mol. The Labute approximate surface area is 170 Å². The average Bonchev–Trinajstić information content (AvgIpc) is 2.60. The number of unbranched alkanes of at least 4 members (excludes halogenated alkanes) is 11. The molecular weight excluding hydrogens is 400 g/mol. The number of aryl methyl sites for hydroxylation is 1. The van der Waals surface area contributed by atoms with Gasteiger partial charge in [0.2, 0.25) is 0 Å². The quantitative estimate of drug-likeness (QED) is 0.282. The second kappa shape index (κ2) is 12.6. The molecule has 0 radical (unpaired) electrons. The summed E-state index contributed by atoms with van der Waals surface area (Å²) in [4.78, 5) is -1.48. The smallest absolute Gasteiger partial charge is 0.282 e. The Morgan fingerprint density at radius 2 is 1.14 bits per heavy atom. The zero-order valence-corrected chi connectivity index (χ0v) is 18.4. The highest BCUT2D eigenvalue weighted by molar-refractivity contribution is 7.89. The summed E-state index contributed by atoms with van der Waals surface area (Å²) < 4.78 is 64.7. The van der Waals surface area contributed by atoms with Crippen molar-refractivity contribution in [3.63, 3.8) is 0 Å². The number of benzene rings is 1. The molecule has 0 spiro atoms. The fourth-order valence-corrected chi connectivity index (χ4v) is 5.48. The van der Waals surface area contributed by atoms with E-state index in [1.165, 1.54) is 63.5 Å². The molecule has 8 heteroatoms. The lowest BCUT2D eigenvalue weighted by Crippen LogP contribution is -2.11. The third-order valence-electron chi connectivity index (χ3n) is 4.90. The molecule has 6 nitrogen and oxygen atoms in total. The summed E-state index contributed by atoms with van der Waals surface area (Å²) in [6.07, 6.45) is 14.4. The van der Waals surface area contributed by atoms with Crippen molar-refractivity contribution < 1.29 is 25.9 Å². The minimum atomic E-state index is -4.75. The van der Waals surface area contributed by atoms with Crippen LogP contribution in [0.1, 0.15) is 89.5 Å². The molecule has 0 aliphatic rings. The Balaban J connectivity index is 2.39. The lowest BCUT2D eigenvalue weighted by Gasteiger charge is -2.10. The first kappa shape index (κ1) is 25.1. The predicted octanol–water partition coefficient (Wildman–Crippen LogP) is 5.42. The van der Waals surface area contributed by atoms with E-state index in [-0.39, 0.29) is 5.56 Å². The Hall–Kier alpha value is -0.960. The molecular formula is C20H34O6S2. The van der Waals surface area contributed by atoms with Crippen LogP contribution in [0.2, 0.25) is 0 Å². The van der Waals surface area contributed by atoms with Gasteiger partial charge in [-0.2, -0.15) is 16.8 Å². The molecule has 0 heterocycles. The first-order chi connectivity index (χ1) is 13.2. The second-order valence-corrected chi connectivity index (χ2v) is 10.1. The summed E-state index contributed by atoms with van der Waals surface area (Å²) >= 11 is 0. The highest BCUT2D eigenvalue weighted by Gasteiger charge is 2.26. The van der Waals surface area contributed by atoms with E-state index in [9.17, 15) is 25.9 Å². The zero-order chi connectivity index (χ0) is 21.0. The van der Waals surface area contributed by atoms with Gasteiger partial charge in [-0.25, -0.2) is 0 Å². The maximum atomic E-state index is 11.6. The Kier molecular flexibility index (Phi) is 11.3. The maximum Gasteiger partial charge on any atom is 0.296 e. The van der Waals surface area contributed by atoms with E-state index >= 15 is 0 Å². The van der Waals surface area contributed by atoms with Gasteiger partial charge in [-0.3, -0.25) is 9.11 Å². The molecule has 0 unspecified atom stereocenters. The molecule has 0 fully saturated rings. The maximum absolute atomic E-state index is 11.6. The summed E-state index contributed by atoms with van der Waals surface area (Å²) in [5.41, 5.74) is 0.213. The molecule has 0 amide bonds. The molecule has 28 heavy (non-hydrogen) atoms. The van der Waals surface area contributed by atoms with Crippen LogP contribution in [0.5, 0.6) is 0 Å². The van der Waals surface area contributed by atoms with E-state index in [2.05, 4.69) is 6.92 Å². The van der Waals surface area contributed by atoms with E-state index in [1.54, 1.807) is 0 Å². The summed E-state index contributed by atoms with van der Waals surface area (Å²) in [5, 5.41) is 0. The molecule has 0 atom stereocenters. The molecule has 1 aromatic carbocycles. The van der Waals surface area contributed by atoms with Crippen molar-refractivity contribution in [2.45, 2.75) is 100 Å². The van der Waals surface area contributed by atoms with Gasteiger partial charge in [0.05, 0.1) is 0 Å². The van der Waals surface area contributed by atoms with Gasteiger partial charge in [0.1, 0.15) is 9.79 Å². The molecule has 2 N–H and O–H groups in total. The van der Waals surface area contributed by atoms with E-state index in [1.807, 2.05) is 0 Å². The van der Waals surface area contributed by atoms with Crippen molar-refractivity contribution in [3.8, 4) is 0 Å². The second-order valence-electron chi connectivity index (χ2n) is 7.33.